The lowest BCUT2D eigenvalue weighted by Crippen LogP contribution is -2.44. The minimum Gasteiger partial charge on any atom is -0.459 e. The van der Waals surface area contributed by atoms with E-state index in [2.05, 4.69) is 15.1 Å². The molecule has 1 saturated heterocycles. The van der Waals surface area contributed by atoms with Gasteiger partial charge >= 0.3 is 5.97 Å². The van der Waals surface area contributed by atoms with E-state index in [1.807, 2.05) is 0 Å². The van der Waals surface area contributed by atoms with Crippen LogP contribution < -0.4 is 5.73 Å². The predicted molar refractivity (Wildman–Crippen MR) is 107 cm³/mol. The molecule has 0 saturated carbocycles. The fourth-order valence-corrected chi connectivity index (χ4v) is 3.77. The quantitative estimate of drug-likeness (QED) is 0.459. The van der Waals surface area contributed by atoms with Gasteiger partial charge in [0.25, 0.3) is 0 Å². The first-order chi connectivity index (χ1) is 14.2. The third kappa shape index (κ3) is 3.38. The number of benzene rings is 1. The van der Waals surface area contributed by atoms with Crippen LogP contribution in [-0.2, 0) is 15.3 Å². The van der Waals surface area contributed by atoms with E-state index in [9.17, 15) is 9.90 Å². The van der Waals surface area contributed by atoms with Gasteiger partial charge in [-0.15, -0.1) is 5.10 Å². The lowest BCUT2D eigenvalue weighted by Gasteiger charge is -2.30. The lowest BCUT2D eigenvalue weighted by molar-refractivity contribution is -0.255. The molecule has 0 bridgehead atoms. The molecule has 158 valence electrons. The summed E-state index contributed by atoms with van der Waals surface area (Å²) >= 11 is 1.24. The first-order valence-electron chi connectivity index (χ1n) is 9.12. The molecule has 2 aromatic heterocycles. The van der Waals surface area contributed by atoms with Gasteiger partial charge in [0.15, 0.2) is 17.1 Å². The summed E-state index contributed by atoms with van der Waals surface area (Å²) in [7, 11) is 0. The smallest absolute Gasteiger partial charge is 0.338 e. The molecular weight excluding hydrogens is 413 g/mol. The van der Waals surface area contributed by atoms with Crippen molar-refractivity contribution in [2.75, 3.05) is 18.6 Å². The highest BCUT2D eigenvalue weighted by molar-refractivity contribution is 7.98. The molecule has 30 heavy (non-hydrogen) atoms. The van der Waals surface area contributed by atoms with E-state index in [0.29, 0.717) is 10.7 Å². The SMILES string of the molecule is CSc1nc(N)c2ncc(C3(O)O[C@H](COC(=O)c4ccccc4)C[C@@]3(C)F)n2n1. The van der Waals surface area contributed by atoms with Gasteiger partial charge in [-0.3, -0.25) is 0 Å². The number of alkyl halides is 1. The van der Waals surface area contributed by atoms with Crippen molar-refractivity contribution in [2.24, 2.45) is 0 Å². The average Bonchev–Trinajstić information content (AvgIpc) is 3.26. The number of esters is 1. The first kappa shape index (κ1) is 20.5. The minimum absolute atomic E-state index is 0.0243. The normalized spacial score (nSPS) is 26.2. The van der Waals surface area contributed by atoms with Gasteiger partial charge in [-0.2, -0.15) is 0 Å². The van der Waals surface area contributed by atoms with Crippen molar-refractivity contribution in [3.63, 3.8) is 0 Å². The number of ether oxygens (including phenoxy) is 2. The number of carbonyl (C=O) groups is 1. The highest BCUT2D eigenvalue weighted by Crippen LogP contribution is 2.47. The molecule has 9 nitrogen and oxygen atoms in total. The summed E-state index contributed by atoms with van der Waals surface area (Å²) in [6, 6.07) is 8.42. The zero-order valence-electron chi connectivity index (χ0n) is 16.3. The Morgan fingerprint density at radius 2 is 2.20 bits per heavy atom. The van der Waals surface area contributed by atoms with Crippen LogP contribution >= 0.6 is 11.8 Å². The molecule has 1 fully saturated rings. The number of thioether (sulfide) groups is 1. The third-order valence-electron chi connectivity index (χ3n) is 4.96. The molecule has 0 spiro atoms. The third-order valence-corrected chi connectivity index (χ3v) is 5.50. The molecule has 0 radical (unpaired) electrons. The van der Waals surface area contributed by atoms with Gasteiger partial charge in [-0.25, -0.2) is 23.7 Å². The number of nitrogens with zero attached hydrogens (tertiary/aromatic N) is 4. The minimum atomic E-state index is -2.37. The van der Waals surface area contributed by atoms with Gasteiger partial charge in [0, 0.05) is 6.42 Å². The number of carbonyl (C=O) groups excluding carboxylic acids is 1. The van der Waals surface area contributed by atoms with Crippen molar-refractivity contribution in [3.8, 4) is 0 Å². The Bertz CT molecular complexity index is 1090. The van der Waals surface area contributed by atoms with Gasteiger partial charge in [0.05, 0.1) is 17.9 Å². The van der Waals surface area contributed by atoms with E-state index >= 15 is 4.39 Å². The maximum absolute atomic E-state index is 15.5. The Hall–Kier alpha value is -2.76. The summed E-state index contributed by atoms with van der Waals surface area (Å²) in [6.07, 6.45) is 1.94. The first-order valence-corrected chi connectivity index (χ1v) is 10.3. The van der Waals surface area contributed by atoms with Crippen LogP contribution in [0.25, 0.3) is 5.65 Å². The molecule has 11 heteroatoms. The number of rotatable bonds is 5. The molecule has 1 aliphatic rings. The lowest BCUT2D eigenvalue weighted by atomic mass is 9.93. The maximum Gasteiger partial charge on any atom is 0.338 e. The highest BCUT2D eigenvalue weighted by Gasteiger charge is 2.60. The summed E-state index contributed by atoms with van der Waals surface area (Å²) in [4.78, 5) is 20.3. The van der Waals surface area contributed by atoms with Crippen LogP contribution in [0.5, 0.6) is 0 Å². The van der Waals surface area contributed by atoms with Crippen LogP contribution in [-0.4, -0.2) is 55.3 Å². The molecule has 3 N–H and O–H groups in total. The van der Waals surface area contributed by atoms with Gasteiger partial charge in [-0.1, -0.05) is 30.0 Å². The molecule has 3 heterocycles. The van der Waals surface area contributed by atoms with Crippen LogP contribution in [0.4, 0.5) is 10.2 Å². The number of anilines is 1. The number of hydrogen-bond acceptors (Lipinski definition) is 9. The molecule has 3 atom stereocenters. The molecule has 1 unspecified atom stereocenters. The van der Waals surface area contributed by atoms with Gasteiger partial charge in [0.1, 0.15) is 12.3 Å². The number of halogens is 1. The van der Waals surface area contributed by atoms with E-state index in [-0.39, 0.29) is 30.2 Å². The van der Waals surface area contributed by atoms with Crippen LogP contribution in [0.1, 0.15) is 29.4 Å². The number of imidazole rings is 1. The summed E-state index contributed by atoms with van der Waals surface area (Å²) in [5.74, 6) is -2.83. The van der Waals surface area contributed by atoms with Crippen LogP contribution in [0.15, 0.2) is 41.7 Å². The Kier molecular flexibility index (Phi) is 5.12. The van der Waals surface area contributed by atoms with Crippen molar-refractivity contribution in [3.05, 3.63) is 47.8 Å². The summed E-state index contributed by atoms with van der Waals surface area (Å²) in [5.41, 5.74) is 4.21. The predicted octanol–water partition coefficient (Wildman–Crippen LogP) is 1.95. The van der Waals surface area contributed by atoms with Crippen LogP contribution in [0.3, 0.4) is 0 Å². The number of fused-ring (bicyclic) bond motifs is 1. The molecule has 4 rings (SSSR count). The Labute approximate surface area is 175 Å². The number of nitrogen functional groups attached to an aromatic ring is 1. The Morgan fingerprint density at radius 3 is 2.90 bits per heavy atom. The molecule has 3 aromatic rings. The number of hydrogen-bond donors (Lipinski definition) is 2. The zero-order chi connectivity index (χ0) is 21.5. The fraction of sp³-hybridized carbons (Fsp3) is 0.368. The number of aromatic nitrogens is 4. The van der Waals surface area contributed by atoms with E-state index in [1.54, 1.807) is 36.6 Å². The van der Waals surface area contributed by atoms with Gasteiger partial charge in [-0.05, 0) is 25.3 Å². The molecule has 1 aliphatic heterocycles. The van der Waals surface area contributed by atoms with Crippen molar-refractivity contribution >= 4 is 29.2 Å². The summed E-state index contributed by atoms with van der Waals surface area (Å²) < 4.78 is 27.6. The largest absolute Gasteiger partial charge is 0.459 e. The van der Waals surface area contributed by atoms with Crippen molar-refractivity contribution in [1.82, 2.24) is 19.6 Å². The maximum atomic E-state index is 15.5. The Balaban J connectivity index is 1.59. The molecule has 0 aliphatic carbocycles. The summed E-state index contributed by atoms with van der Waals surface area (Å²) in [5, 5.41) is 15.7. The molecule has 0 amide bonds. The average molecular weight is 433 g/mol. The van der Waals surface area contributed by atoms with Gasteiger partial charge in [0.2, 0.25) is 10.9 Å². The van der Waals surface area contributed by atoms with E-state index in [0.717, 1.165) is 0 Å². The fourth-order valence-electron chi connectivity index (χ4n) is 3.42. The summed E-state index contributed by atoms with van der Waals surface area (Å²) in [6.45, 7) is 0.991. The topological polar surface area (TPSA) is 125 Å². The van der Waals surface area contributed by atoms with Crippen molar-refractivity contribution < 1.29 is 23.8 Å². The van der Waals surface area contributed by atoms with Gasteiger partial charge < -0.3 is 20.3 Å². The second kappa shape index (κ2) is 7.49. The van der Waals surface area contributed by atoms with Crippen molar-refractivity contribution in [2.45, 2.75) is 36.1 Å². The van der Waals surface area contributed by atoms with Crippen LogP contribution in [0, 0.1) is 0 Å². The number of nitrogens with two attached hydrogens (primary N) is 1. The zero-order valence-corrected chi connectivity index (χ0v) is 17.1. The van der Waals surface area contributed by atoms with E-state index in [1.165, 1.54) is 29.4 Å². The van der Waals surface area contributed by atoms with Crippen molar-refractivity contribution in [1.29, 1.82) is 0 Å². The monoisotopic (exact) mass is 433 g/mol. The molecular formula is C19H20FN5O4S. The number of aliphatic hydroxyl groups is 1. The highest BCUT2D eigenvalue weighted by atomic mass is 32.2. The van der Waals surface area contributed by atoms with E-state index in [4.69, 9.17) is 15.2 Å². The standard InChI is InChI=1S/C19H20FN5O4S/c1-18(20)8-12(10-28-16(26)11-6-4-3-5-7-11)29-19(18,27)13-9-22-15-14(21)23-17(30-2)24-25(13)15/h3-7,9,12,27H,8,10H2,1-2H3,(H2,21,23,24)/t12-,18+,19?/m0/s1. The second-order valence-electron chi connectivity index (χ2n) is 7.11. The molecule has 1 aromatic carbocycles. The Morgan fingerprint density at radius 1 is 1.47 bits per heavy atom. The van der Waals surface area contributed by atoms with Crippen LogP contribution in [0.2, 0.25) is 0 Å². The second-order valence-corrected chi connectivity index (χ2v) is 7.89. The van der Waals surface area contributed by atoms with E-state index < -0.39 is 23.5 Å².